The van der Waals surface area contributed by atoms with E-state index in [-0.39, 0.29) is 24.0 Å². The summed E-state index contributed by atoms with van der Waals surface area (Å²) in [5.74, 6) is 1.24. The maximum absolute atomic E-state index is 9.31. The molecule has 0 aromatic heterocycles. The van der Waals surface area contributed by atoms with Crippen molar-refractivity contribution in [3.63, 3.8) is 0 Å². The van der Waals surface area contributed by atoms with E-state index in [1.807, 2.05) is 19.2 Å². The third-order valence-electron chi connectivity index (χ3n) is 4.85. The van der Waals surface area contributed by atoms with Crippen molar-refractivity contribution in [3.05, 3.63) is 29.8 Å². The Balaban J connectivity index is 0.00000338. The fourth-order valence-corrected chi connectivity index (χ4v) is 3.23. The topological polar surface area (TPSA) is 59.9 Å². The molecule has 1 saturated heterocycles. The molecule has 1 aromatic carbocycles. The van der Waals surface area contributed by atoms with Gasteiger partial charge in [0.05, 0.1) is 0 Å². The van der Waals surface area contributed by atoms with Crippen molar-refractivity contribution in [1.29, 1.82) is 0 Å². The molecule has 1 aliphatic heterocycles. The third-order valence-corrected chi connectivity index (χ3v) is 4.85. The second-order valence-corrected chi connectivity index (χ2v) is 6.88. The predicted octanol–water partition coefficient (Wildman–Crippen LogP) is 3.37. The highest BCUT2D eigenvalue weighted by molar-refractivity contribution is 14.0. The van der Waals surface area contributed by atoms with E-state index in [2.05, 4.69) is 27.4 Å². The van der Waals surface area contributed by atoms with Crippen LogP contribution in [-0.4, -0.2) is 55.2 Å². The van der Waals surface area contributed by atoms with Crippen molar-refractivity contribution in [3.8, 4) is 5.75 Å². The molecule has 1 fully saturated rings. The number of nitrogens with one attached hydrogen (secondary N) is 2. The van der Waals surface area contributed by atoms with Crippen LogP contribution in [0.4, 0.5) is 0 Å². The van der Waals surface area contributed by atoms with Crippen LogP contribution in [0.5, 0.6) is 5.75 Å². The van der Waals surface area contributed by atoms with Gasteiger partial charge in [0, 0.05) is 32.7 Å². The molecule has 5 nitrogen and oxygen atoms in total. The number of rotatable bonds is 8. The van der Waals surface area contributed by atoms with Gasteiger partial charge in [0.25, 0.3) is 0 Å². The Morgan fingerprint density at radius 2 is 1.88 bits per heavy atom. The molecule has 148 valence electrons. The van der Waals surface area contributed by atoms with Gasteiger partial charge < -0.3 is 20.6 Å². The standard InChI is InChI=1S/C20H34N4O.HI/c1-3-4-14-24-15-11-18(12-16-24)23-20(21-2)22-13-5-6-17-7-9-19(25)10-8-17;/h7-10,18,25H,3-6,11-16H2,1-2H3,(H2,21,22,23);1H. The molecule has 0 amide bonds. The van der Waals surface area contributed by atoms with E-state index in [0.29, 0.717) is 11.8 Å². The molecular formula is C20H35IN4O. The van der Waals surface area contributed by atoms with Gasteiger partial charge >= 0.3 is 0 Å². The van der Waals surface area contributed by atoms with Crippen LogP contribution in [0.3, 0.4) is 0 Å². The summed E-state index contributed by atoms with van der Waals surface area (Å²) < 4.78 is 0. The molecule has 1 heterocycles. The van der Waals surface area contributed by atoms with Gasteiger partial charge in [-0.1, -0.05) is 25.5 Å². The smallest absolute Gasteiger partial charge is 0.191 e. The molecule has 0 radical (unpaired) electrons. The lowest BCUT2D eigenvalue weighted by atomic mass is 10.0. The number of aromatic hydroxyl groups is 1. The zero-order valence-corrected chi connectivity index (χ0v) is 18.5. The van der Waals surface area contributed by atoms with E-state index in [1.54, 1.807) is 12.1 Å². The number of aliphatic imine (C=N–C) groups is 1. The van der Waals surface area contributed by atoms with E-state index in [9.17, 15) is 5.11 Å². The van der Waals surface area contributed by atoms with Crippen molar-refractivity contribution in [1.82, 2.24) is 15.5 Å². The summed E-state index contributed by atoms with van der Waals surface area (Å²) in [6.07, 6.45) is 7.01. The number of likely N-dealkylation sites (tertiary alicyclic amines) is 1. The van der Waals surface area contributed by atoms with Gasteiger partial charge in [0.2, 0.25) is 0 Å². The van der Waals surface area contributed by atoms with Gasteiger partial charge in [-0.15, -0.1) is 24.0 Å². The summed E-state index contributed by atoms with van der Waals surface area (Å²) in [4.78, 5) is 6.93. The number of nitrogens with zero attached hydrogens (tertiary/aromatic N) is 2. The fraction of sp³-hybridized carbons (Fsp3) is 0.650. The average Bonchev–Trinajstić information content (AvgIpc) is 2.65. The third kappa shape index (κ3) is 8.58. The molecule has 2 rings (SSSR count). The Morgan fingerprint density at radius 3 is 2.50 bits per heavy atom. The van der Waals surface area contributed by atoms with Crippen molar-refractivity contribution in [2.24, 2.45) is 4.99 Å². The van der Waals surface area contributed by atoms with Crippen LogP contribution >= 0.6 is 24.0 Å². The van der Waals surface area contributed by atoms with E-state index >= 15 is 0 Å². The number of piperidine rings is 1. The molecule has 26 heavy (non-hydrogen) atoms. The molecule has 0 spiro atoms. The summed E-state index contributed by atoms with van der Waals surface area (Å²) in [7, 11) is 1.84. The zero-order valence-electron chi connectivity index (χ0n) is 16.2. The summed E-state index contributed by atoms with van der Waals surface area (Å²) in [6.45, 7) is 6.78. The minimum absolute atomic E-state index is 0. The lowest BCUT2D eigenvalue weighted by Gasteiger charge is -2.33. The fourth-order valence-electron chi connectivity index (χ4n) is 3.23. The number of benzene rings is 1. The maximum Gasteiger partial charge on any atom is 0.191 e. The van der Waals surface area contributed by atoms with Crippen molar-refractivity contribution >= 4 is 29.9 Å². The second kappa shape index (κ2) is 13.2. The second-order valence-electron chi connectivity index (χ2n) is 6.88. The number of guanidine groups is 1. The highest BCUT2D eigenvalue weighted by Gasteiger charge is 2.19. The Kier molecular flexibility index (Phi) is 11.7. The zero-order chi connectivity index (χ0) is 17.9. The Hall–Kier alpha value is -1.02. The molecule has 0 aliphatic carbocycles. The number of phenolic OH excluding ortho intramolecular Hbond substituents is 1. The van der Waals surface area contributed by atoms with E-state index in [1.165, 1.54) is 50.9 Å². The van der Waals surface area contributed by atoms with Crippen LogP contribution in [0.15, 0.2) is 29.3 Å². The number of aryl methyl sites for hydroxylation is 1. The quantitative estimate of drug-likeness (QED) is 0.234. The molecule has 0 bridgehead atoms. The van der Waals surface area contributed by atoms with Crippen molar-refractivity contribution in [2.45, 2.75) is 51.5 Å². The summed E-state index contributed by atoms with van der Waals surface area (Å²) in [5, 5.41) is 16.3. The number of phenols is 1. The summed E-state index contributed by atoms with van der Waals surface area (Å²) in [5.41, 5.74) is 1.25. The molecule has 1 aliphatic rings. The first-order valence-corrected chi connectivity index (χ1v) is 9.68. The molecule has 0 unspecified atom stereocenters. The van der Waals surface area contributed by atoms with Gasteiger partial charge in [-0.25, -0.2) is 0 Å². The predicted molar refractivity (Wildman–Crippen MR) is 121 cm³/mol. The normalized spacial score (nSPS) is 16.2. The first-order chi connectivity index (χ1) is 12.2. The Bertz CT molecular complexity index is 513. The lowest BCUT2D eigenvalue weighted by molar-refractivity contribution is 0.203. The Morgan fingerprint density at radius 1 is 1.19 bits per heavy atom. The maximum atomic E-state index is 9.31. The summed E-state index contributed by atoms with van der Waals surface area (Å²) >= 11 is 0. The number of unbranched alkanes of at least 4 members (excludes halogenated alkanes) is 1. The largest absolute Gasteiger partial charge is 0.508 e. The average molecular weight is 474 g/mol. The molecule has 3 N–H and O–H groups in total. The first kappa shape index (κ1) is 23.0. The molecular weight excluding hydrogens is 439 g/mol. The van der Waals surface area contributed by atoms with Crippen LogP contribution < -0.4 is 10.6 Å². The Labute approximate surface area is 175 Å². The van der Waals surface area contributed by atoms with Gasteiger partial charge in [-0.05, 0) is 56.3 Å². The van der Waals surface area contributed by atoms with E-state index in [0.717, 1.165) is 25.3 Å². The van der Waals surface area contributed by atoms with Gasteiger partial charge in [-0.2, -0.15) is 0 Å². The first-order valence-electron chi connectivity index (χ1n) is 9.68. The van der Waals surface area contributed by atoms with Crippen molar-refractivity contribution in [2.75, 3.05) is 33.2 Å². The van der Waals surface area contributed by atoms with Crippen molar-refractivity contribution < 1.29 is 5.11 Å². The van der Waals surface area contributed by atoms with E-state index < -0.39 is 0 Å². The lowest BCUT2D eigenvalue weighted by Crippen LogP contribution is -2.48. The van der Waals surface area contributed by atoms with E-state index in [4.69, 9.17) is 0 Å². The number of halogens is 1. The minimum atomic E-state index is 0. The van der Waals surface area contributed by atoms with Gasteiger partial charge in [-0.3, -0.25) is 4.99 Å². The monoisotopic (exact) mass is 474 g/mol. The molecule has 1 aromatic rings. The molecule has 6 heteroatoms. The van der Waals surface area contributed by atoms with Gasteiger partial charge in [0.15, 0.2) is 5.96 Å². The van der Waals surface area contributed by atoms with Crippen LogP contribution in [0.25, 0.3) is 0 Å². The van der Waals surface area contributed by atoms with Crippen LogP contribution in [-0.2, 0) is 6.42 Å². The SMILES string of the molecule is CCCCN1CCC(NC(=NC)NCCCc2ccc(O)cc2)CC1.I. The molecule has 0 saturated carbocycles. The number of hydrogen-bond donors (Lipinski definition) is 3. The summed E-state index contributed by atoms with van der Waals surface area (Å²) in [6, 6.07) is 7.98. The number of hydrogen-bond acceptors (Lipinski definition) is 3. The van der Waals surface area contributed by atoms with Crippen LogP contribution in [0, 0.1) is 0 Å². The highest BCUT2D eigenvalue weighted by Crippen LogP contribution is 2.12. The van der Waals surface area contributed by atoms with Crippen LogP contribution in [0.2, 0.25) is 0 Å². The highest BCUT2D eigenvalue weighted by atomic mass is 127. The van der Waals surface area contributed by atoms with Crippen LogP contribution in [0.1, 0.15) is 44.6 Å². The molecule has 0 atom stereocenters. The van der Waals surface area contributed by atoms with Gasteiger partial charge in [0.1, 0.15) is 5.75 Å². The minimum Gasteiger partial charge on any atom is -0.508 e.